The largest absolute Gasteiger partial charge is 0.482 e. The molecular formula is C22H25N3O5. The van der Waals surface area contributed by atoms with Crippen molar-refractivity contribution in [3.8, 4) is 5.75 Å². The lowest BCUT2D eigenvalue weighted by molar-refractivity contribution is -0.153. The second-order valence-corrected chi connectivity index (χ2v) is 7.06. The summed E-state index contributed by atoms with van der Waals surface area (Å²) in [7, 11) is 1.49. The number of nitrogens with one attached hydrogen (secondary N) is 2. The van der Waals surface area contributed by atoms with E-state index in [2.05, 4.69) is 10.6 Å². The minimum atomic E-state index is -0.661. The van der Waals surface area contributed by atoms with Crippen LogP contribution in [0, 0.1) is 0 Å². The number of likely N-dealkylation sites (N-methyl/N-ethyl adjacent to an activating group) is 1. The fraction of sp³-hybridized carbons (Fsp3) is 0.318. The smallest absolute Gasteiger partial charge is 0.344 e. The van der Waals surface area contributed by atoms with Crippen molar-refractivity contribution in [3.05, 3.63) is 54.6 Å². The minimum absolute atomic E-state index is 0.0627. The lowest BCUT2D eigenvalue weighted by Gasteiger charge is -2.16. The van der Waals surface area contributed by atoms with Crippen molar-refractivity contribution in [3.63, 3.8) is 0 Å². The van der Waals surface area contributed by atoms with Crippen molar-refractivity contribution >= 4 is 29.2 Å². The molecule has 0 aromatic heterocycles. The Morgan fingerprint density at radius 3 is 2.30 bits per heavy atom. The zero-order valence-corrected chi connectivity index (χ0v) is 16.8. The van der Waals surface area contributed by atoms with Crippen molar-refractivity contribution in [1.29, 1.82) is 0 Å². The van der Waals surface area contributed by atoms with Crippen molar-refractivity contribution in [2.75, 3.05) is 32.1 Å². The zero-order valence-electron chi connectivity index (χ0n) is 16.8. The van der Waals surface area contributed by atoms with E-state index in [4.69, 9.17) is 9.47 Å². The van der Waals surface area contributed by atoms with E-state index in [1.165, 1.54) is 11.9 Å². The molecular weight excluding hydrogens is 386 g/mol. The molecule has 1 aliphatic rings. The van der Waals surface area contributed by atoms with Crippen LogP contribution in [0.1, 0.15) is 12.8 Å². The van der Waals surface area contributed by atoms with Gasteiger partial charge in [-0.1, -0.05) is 18.2 Å². The van der Waals surface area contributed by atoms with Crippen LogP contribution in [0.4, 0.5) is 11.4 Å². The maximum atomic E-state index is 12.0. The summed E-state index contributed by atoms with van der Waals surface area (Å²) in [4.78, 5) is 36.7. The first-order chi connectivity index (χ1) is 14.5. The number of anilines is 2. The van der Waals surface area contributed by atoms with Gasteiger partial charge in [0.1, 0.15) is 5.75 Å². The summed E-state index contributed by atoms with van der Waals surface area (Å²) in [5.74, 6) is -0.824. The number of rotatable bonds is 10. The molecule has 1 aliphatic carbocycles. The molecule has 0 heterocycles. The summed E-state index contributed by atoms with van der Waals surface area (Å²) in [5.41, 5.74) is 1.85. The highest BCUT2D eigenvalue weighted by molar-refractivity contribution is 5.86. The second kappa shape index (κ2) is 10.3. The van der Waals surface area contributed by atoms with Gasteiger partial charge >= 0.3 is 5.97 Å². The Bertz CT molecular complexity index is 866. The lowest BCUT2D eigenvalue weighted by Crippen LogP contribution is -2.40. The Kier molecular flexibility index (Phi) is 7.26. The number of nitrogens with zero attached hydrogens (tertiary/aromatic N) is 1. The molecule has 0 spiro atoms. The third kappa shape index (κ3) is 7.12. The minimum Gasteiger partial charge on any atom is -0.482 e. The van der Waals surface area contributed by atoms with E-state index in [9.17, 15) is 14.4 Å². The molecule has 3 rings (SSSR count). The quantitative estimate of drug-likeness (QED) is 0.581. The first kappa shape index (κ1) is 21.2. The Hall–Kier alpha value is -3.55. The van der Waals surface area contributed by atoms with Crippen LogP contribution in [-0.4, -0.2) is 55.5 Å². The number of esters is 1. The molecule has 2 N–H and O–H groups in total. The number of benzene rings is 2. The van der Waals surface area contributed by atoms with Crippen LogP contribution in [0.25, 0.3) is 0 Å². The van der Waals surface area contributed by atoms with Gasteiger partial charge in [0.05, 0.1) is 6.54 Å². The van der Waals surface area contributed by atoms with E-state index in [1.807, 2.05) is 42.5 Å². The number of para-hydroxylation sites is 1. The number of hydrogen-bond acceptors (Lipinski definition) is 6. The van der Waals surface area contributed by atoms with Gasteiger partial charge in [0, 0.05) is 24.5 Å². The summed E-state index contributed by atoms with van der Waals surface area (Å²) in [6, 6.07) is 17.1. The van der Waals surface area contributed by atoms with Gasteiger partial charge in [-0.15, -0.1) is 0 Å². The predicted octanol–water partition coefficient (Wildman–Crippen LogP) is 2.09. The van der Waals surface area contributed by atoms with E-state index in [0.29, 0.717) is 5.75 Å². The lowest BCUT2D eigenvalue weighted by atomic mass is 10.2. The van der Waals surface area contributed by atoms with Crippen LogP contribution in [0.15, 0.2) is 54.6 Å². The van der Waals surface area contributed by atoms with Crippen molar-refractivity contribution in [2.24, 2.45) is 0 Å². The molecule has 0 atom stereocenters. The second-order valence-electron chi connectivity index (χ2n) is 7.06. The zero-order chi connectivity index (χ0) is 21.3. The molecule has 0 unspecified atom stereocenters. The summed E-state index contributed by atoms with van der Waals surface area (Å²) < 4.78 is 10.3. The Balaban J connectivity index is 1.34. The Morgan fingerprint density at radius 1 is 0.967 bits per heavy atom. The topological polar surface area (TPSA) is 97.0 Å². The molecule has 0 radical (unpaired) electrons. The first-order valence-electron chi connectivity index (χ1n) is 9.73. The van der Waals surface area contributed by atoms with E-state index in [-0.39, 0.29) is 25.1 Å². The number of hydrogen-bond donors (Lipinski definition) is 2. The standard InChI is InChI=1S/C22H25N3O5/c1-25(13-20(26)24-18-7-8-18)21(27)14-30-22(28)15-29-19-11-9-17(10-12-19)23-16-5-3-2-4-6-16/h2-6,9-12,18,23H,7-8,13-15H2,1H3,(H,24,26). The highest BCUT2D eigenvalue weighted by atomic mass is 16.6. The van der Waals surface area contributed by atoms with E-state index >= 15 is 0 Å². The van der Waals surface area contributed by atoms with E-state index in [0.717, 1.165) is 24.2 Å². The summed E-state index contributed by atoms with van der Waals surface area (Å²) in [6.45, 7) is -0.813. The maximum absolute atomic E-state index is 12.0. The first-order valence-corrected chi connectivity index (χ1v) is 9.73. The number of amides is 2. The third-order valence-corrected chi connectivity index (χ3v) is 4.38. The van der Waals surface area contributed by atoms with Gasteiger partial charge in [0.25, 0.3) is 5.91 Å². The number of ether oxygens (including phenoxy) is 2. The van der Waals surface area contributed by atoms with E-state index in [1.54, 1.807) is 12.1 Å². The molecule has 30 heavy (non-hydrogen) atoms. The van der Waals surface area contributed by atoms with Crippen molar-refractivity contribution in [2.45, 2.75) is 18.9 Å². The summed E-state index contributed by atoms with van der Waals surface area (Å²) in [6.07, 6.45) is 1.96. The van der Waals surface area contributed by atoms with Gasteiger partial charge in [0.2, 0.25) is 5.91 Å². The normalized spacial score (nSPS) is 12.6. The third-order valence-electron chi connectivity index (χ3n) is 4.38. The monoisotopic (exact) mass is 411 g/mol. The molecule has 0 saturated heterocycles. The fourth-order valence-corrected chi connectivity index (χ4v) is 2.56. The van der Waals surface area contributed by atoms with Gasteiger partial charge in [-0.2, -0.15) is 0 Å². The van der Waals surface area contributed by atoms with Gasteiger partial charge in [-0.3, -0.25) is 9.59 Å². The van der Waals surface area contributed by atoms with Gasteiger partial charge in [-0.05, 0) is 49.2 Å². The SMILES string of the molecule is CN(CC(=O)NC1CC1)C(=O)COC(=O)COc1ccc(Nc2ccccc2)cc1. The predicted molar refractivity (Wildman–Crippen MR) is 111 cm³/mol. The van der Waals surface area contributed by atoms with Crippen LogP contribution < -0.4 is 15.4 Å². The average molecular weight is 411 g/mol. The number of carbonyl (C=O) groups is 3. The molecule has 8 nitrogen and oxygen atoms in total. The molecule has 1 saturated carbocycles. The summed E-state index contributed by atoms with van der Waals surface area (Å²) >= 11 is 0. The van der Waals surface area contributed by atoms with E-state index < -0.39 is 18.5 Å². The molecule has 2 amide bonds. The molecule has 2 aromatic carbocycles. The molecule has 0 aliphatic heterocycles. The van der Waals surface area contributed by atoms with Crippen LogP contribution in [0.2, 0.25) is 0 Å². The fourth-order valence-electron chi connectivity index (χ4n) is 2.56. The molecule has 2 aromatic rings. The summed E-state index contributed by atoms with van der Waals surface area (Å²) in [5, 5.41) is 6.04. The molecule has 8 heteroatoms. The molecule has 0 bridgehead atoms. The van der Waals surface area contributed by atoms with Gasteiger partial charge in [-0.25, -0.2) is 4.79 Å². The highest BCUT2D eigenvalue weighted by Crippen LogP contribution is 2.20. The Morgan fingerprint density at radius 2 is 1.63 bits per heavy atom. The van der Waals surface area contributed by atoms with Crippen LogP contribution in [0.5, 0.6) is 5.75 Å². The van der Waals surface area contributed by atoms with Crippen LogP contribution >= 0.6 is 0 Å². The van der Waals surface area contributed by atoms with Gasteiger partial charge < -0.3 is 25.0 Å². The average Bonchev–Trinajstić information content (AvgIpc) is 3.56. The van der Waals surface area contributed by atoms with Crippen molar-refractivity contribution < 1.29 is 23.9 Å². The maximum Gasteiger partial charge on any atom is 0.344 e. The van der Waals surface area contributed by atoms with Gasteiger partial charge in [0.15, 0.2) is 13.2 Å². The number of carbonyl (C=O) groups excluding carboxylic acids is 3. The Labute approximate surface area is 175 Å². The molecule has 158 valence electrons. The van der Waals surface area contributed by atoms with Crippen LogP contribution in [0.3, 0.4) is 0 Å². The van der Waals surface area contributed by atoms with Crippen LogP contribution in [-0.2, 0) is 19.1 Å². The molecule has 1 fully saturated rings. The van der Waals surface area contributed by atoms with Crippen molar-refractivity contribution in [1.82, 2.24) is 10.2 Å². The highest BCUT2D eigenvalue weighted by Gasteiger charge is 2.24.